The van der Waals surface area contributed by atoms with Crippen molar-refractivity contribution in [1.29, 1.82) is 0 Å². The van der Waals surface area contributed by atoms with Gasteiger partial charge in [-0.15, -0.1) is 0 Å². The Kier molecular flexibility index (Phi) is 3.06. The molecule has 1 aromatic rings. The second kappa shape index (κ2) is 4.07. The van der Waals surface area contributed by atoms with Crippen LogP contribution >= 0.6 is 11.8 Å². The molecule has 0 saturated carbocycles. The number of thioether (sulfide) groups is 1. The van der Waals surface area contributed by atoms with Crippen molar-refractivity contribution in [3.8, 4) is 0 Å². The molecule has 0 fully saturated rings. The lowest BCUT2D eigenvalue weighted by molar-refractivity contribution is -0.387. The lowest BCUT2D eigenvalue weighted by Crippen LogP contribution is -2.01. The highest BCUT2D eigenvalue weighted by atomic mass is 32.2. The number of aromatic nitrogens is 2. The van der Waals surface area contributed by atoms with E-state index in [4.69, 9.17) is 5.73 Å². The van der Waals surface area contributed by atoms with Crippen molar-refractivity contribution in [3.63, 3.8) is 0 Å². The molecule has 1 heterocycles. The molecule has 3 N–H and O–H groups in total. The monoisotopic (exact) mass is 188 g/mol. The number of hydrogen-bond acceptors (Lipinski definition) is 5. The van der Waals surface area contributed by atoms with Gasteiger partial charge >= 0.3 is 5.69 Å². The zero-order chi connectivity index (χ0) is 8.97. The summed E-state index contributed by atoms with van der Waals surface area (Å²) in [5.74, 6) is 0.642. The van der Waals surface area contributed by atoms with Crippen LogP contribution in [0.5, 0.6) is 0 Å². The number of H-pyrrole nitrogens is 1. The van der Waals surface area contributed by atoms with Crippen molar-refractivity contribution >= 4 is 17.4 Å². The summed E-state index contributed by atoms with van der Waals surface area (Å²) in [6.45, 7) is 0.487. The Bertz CT molecular complexity index is 274. The zero-order valence-corrected chi connectivity index (χ0v) is 7.00. The average Bonchev–Trinajstić information content (AvgIpc) is 2.48. The van der Waals surface area contributed by atoms with Crippen molar-refractivity contribution < 1.29 is 4.92 Å². The van der Waals surface area contributed by atoms with Crippen LogP contribution in [0.25, 0.3) is 0 Å². The fourth-order valence-corrected chi connectivity index (χ4v) is 1.38. The maximum atomic E-state index is 10.3. The lowest BCUT2D eigenvalue weighted by Gasteiger charge is -1.93. The van der Waals surface area contributed by atoms with Crippen LogP contribution in [-0.2, 0) is 0 Å². The minimum atomic E-state index is -0.470. The summed E-state index contributed by atoms with van der Waals surface area (Å²) < 4.78 is 0. The van der Waals surface area contributed by atoms with Gasteiger partial charge in [0, 0.05) is 12.3 Å². The summed E-state index contributed by atoms with van der Waals surface area (Å²) in [5, 5.41) is 16.9. The first-order valence-corrected chi connectivity index (χ1v) is 4.25. The van der Waals surface area contributed by atoms with Gasteiger partial charge in [0.25, 0.3) is 0 Å². The van der Waals surface area contributed by atoms with E-state index < -0.39 is 4.92 Å². The Morgan fingerprint density at radius 3 is 3.17 bits per heavy atom. The molecule has 6 nitrogen and oxygen atoms in total. The van der Waals surface area contributed by atoms with E-state index in [9.17, 15) is 10.1 Å². The van der Waals surface area contributed by atoms with Crippen molar-refractivity contribution in [2.45, 2.75) is 5.03 Å². The molecule has 7 heteroatoms. The molecule has 12 heavy (non-hydrogen) atoms. The second-order valence-corrected chi connectivity index (χ2v) is 3.08. The highest BCUT2D eigenvalue weighted by molar-refractivity contribution is 7.99. The van der Waals surface area contributed by atoms with Crippen molar-refractivity contribution in [1.82, 2.24) is 10.2 Å². The molecule has 0 aliphatic carbocycles. The molecular weight excluding hydrogens is 180 g/mol. The molecule has 0 atom stereocenters. The van der Waals surface area contributed by atoms with Gasteiger partial charge in [0.05, 0.1) is 4.92 Å². The van der Waals surface area contributed by atoms with Crippen molar-refractivity contribution in [2.24, 2.45) is 5.73 Å². The van der Waals surface area contributed by atoms with Gasteiger partial charge in [-0.25, -0.2) is 0 Å². The number of aromatic amines is 1. The maximum absolute atomic E-state index is 10.3. The Balaban J connectivity index is 2.70. The molecule has 0 saturated heterocycles. The number of rotatable bonds is 4. The van der Waals surface area contributed by atoms with Gasteiger partial charge < -0.3 is 5.73 Å². The van der Waals surface area contributed by atoms with Crippen LogP contribution in [-0.4, -0.2) is 27.4 Å². The lowest BCUT2D eigenvalue weighted by atomic mass is 10.6. The van der Waals surface area contributed by atoms with E-state index in [-0.39, 0.29) is 5.69 Å². The van der Waals surface area contributed by atoms with Crippen LogP contribution in [0.4, 0.5) is 5.69 Å². The van der Waals surface area contributed by atoms with Crippen LogP contribution < -0.4 is 5.73 Å². The van der Waals surface area contributed by atoms with Gasteiger partial charge in [-0.2, -0.15) is 5.10 Å². The smallest absolute Gasteiger partial charge is 0.320 e. The Hall–Kier alpha value is -1.08. The number of nitrogens with two attached hydrogens (primary N) is 1. The van der Waals surface area contributed by atoms with E-state index in [0.717, 1.165) is 0 Å². The number of nitro groups is 1. The fourth-order valence-electron chi connectivity index (χ4n) is 0.665. The van der Waals surface area contributed by atoms with Gasteiger partial charge in [0.15, 0.2) is 5.03 Å². The summed E-state index contributed by atoms with van der Waals surface area (Å²) in [4.78, 5) is 9.88. The van der Waals surface area contributed by atoms with E-state index in [2.05, 4.69) is 10.2 Å². The van der Waals surface area contributed by atoms with E-state index in [1.165, 1.54) is 18.0 Å². The molecule has 1 rings (SSSR count). The SMILES string of the molecule is NCCSc1[nH]ncc1[N+](=O)[O-]. The first-order chi connectivity index (χ1) is 5.75. The Morgan fingerprint density at radius 2 is 2.58 bits per heavy atom. The van der Waals surface area contributed by atoms with Crippen LogP contribution in [0.1, 0.15) is 0 Å². The van der Waals surface area contributed by atoms with E-state index >= 15 is 0 Å². The van der Waals surface area contributed by atoms with Crippen LogP contribution in [0, 0.1) is 10.1 Å². The predicted octanol–water partition coefficient (Wildman–Crippen LogP) is 0.369. The van der Waals surface area contributed by atoms with Crippen molar-refractivity contribution in [3.05, 3.63) is 16.3 Å². The summed E-state index contributed by atoms with van der Waals surface area (Å²) in [7, 11) is 0. The van der Waals surface area contributed by atoms with Crippen LogP contribution in [0.2, 0.25) is 0 Å². The molecule has 0 bridgehead atoms. The molecule has 0 spiro atoms. The average molecular weight is 188 g/mol. The number of hydrogen-bond donors (Lipinski definition) is 2. The predicted molar refractivity (Wildman–Crippen MR) is 45.0 cm³/mol. The fraction of sp³-hybridized carbons (Fsp3) is 0.400. The summed E-state index contributed by atoms with van der Waals surface area (Å²) >= 11 is 1.30. The molecule has 0 aromatic carbocycles. The largest absolute Gasteiger partial charge is 0.330 e. The minimum absolute atomic E-state index is 0.00782. The van der Waals surface area contributed by atoms with E-state index in [1.54, 1.807) is 0 Å². The highest BCUT2D eigenvalue weighted by Gasteiger charge is 2.15. The normalized spacial score (nSPS) is 10.1. The topological polar surface area (TPSA) is 97.8 Å². The quantitative estimate of drug-likeness (QED) is 0.404. The molecule has 0 aliphatic rings. The maximum Gasteiger partial charge on any atom is 0.320 e. The van der Waals surface area contributed by atoms with Crippen LogP contribution in [0.3, 0.4) is 0 Å². The summed E-state index contributed by atoms with van der Waals surface area (Å²) in [6, 6.07) is 0. The van der Waals surface area contributed by atoms with Gasteiger partial charge in [0.1, 0.15) is 6.20 Å². The molecule has 0 aliphatic heterocycles. The van der Waals surface area contributed by atoms with Gasteiger partial charge in [0.2, 0.25) is 0 Å². The van der Waals surface area contributed by atoms with E-state index in [1.807, 2.05) is 0 Å². The Labute approximate surface area is 72.7 Å². The summed E-state index contributed by atoms with van der Waals surface area (Å²) in [5.41, 5.74) is 5.25. The number of nitrogens with zero attached hydrogens (tertiary/aromatic N) is 2. The Morgan fingerprint density at radius 1 is 1.83 bits per heavy atom. The van der Waals surface area contributed by atoms with Gasteiger partial charge in [-0.1, -0.05) is 11.8 Å². The van der Waals surface area contributed by atoms with Crippen molar-refractivity contribution in [2.75, 3.05) is 12.3 Å². The first-order valence-electron chi connectivity index (χ1n) is 3.26. The zero-order valence-electron chi connectivity index (χ0n) is 6.19. The molecule has 0 unspecified atom stereocenters. The third-order valence-corrected chi connectivity index (χ3v) is 2.18. The highest BCUT2D eigenvalue weighted by Crippen LogP contribution is 2.25. The standard InChI is InChI=1S/C5H8N4O2S/c6-1-2-12-5-4(9(10)11)3-7-8-5/h3H,1-2,6H2,(H,7,8). The molecular formula is C5H8N4O2S. The molecule has 1 aromatic heterocycles. The minimum Gasteiger partial charge on any atom is -0.330 e. The van der Waals surface area contributed by atoms with Gasteiger partial charge in [-0.05, 0) is 0 Å². The van der Waals surface area contributed by atoms with E-state index in [0.29, 0.717) is 17.3 Å². The van der Waals surface area contributed by atoms with Gasteiger partial charge in [-0.3, -0.25) is 15.2 Å². The third-order valence-electron chi connectivity index (χ3n) is 1.15. The first kappa shape index (κ1) is 9.01. The van der Waals surface area contributed by atoms with Crippen LogP contribution in [0.15, 0.2) is 11.2 Å². The second-order valence-electron chi connectivity index (χ2n) is 1.98. The molecule has 0 radical (unpaired) electrons. The molecule has 0 amide bonds. The summed E-state index contributed by atoms with van der Waals surface area (Å²) in [6.07, 6.45) is 1.19. The molecule has 66 valence electrons. The number of nitrogens with one attached hydrogen (secondary N) is 1. The third kappa shape index (κ3) is 1.95.